The predicted octanol–water partition coefficient (Wildman–Crippen LogP) is 2.57. The molecule has 2 heterocycles. The number of carbonyl (C=O) groups excluding carboxylic acids is 1. The quantitative estimate of drug-likeness (QED) is 0.796. The first kappa shape index (κ1) is 14.7. The van der Waals surface area contributed by atoms with Gasteiger partial charge in [0.15, 0.2) is 5.78 Å². The van der Waals surface area contributed by atoms with Gasteiger partial charge in [-0.2, -0.15) is 0 Å². The van der Waals surface area contributed by atoms with Gasteiger partial charge in [0.05, 0.1) is 0 Å². The van der Waals surface area contributed by atoms with Crippen molar-refractivity contribution < 1.29 is 9.18 Å². The summed E-state index contributed by atoms with van der Waals surface area (Å²) < 4.78 is 13.1. The molecule has 0 saturated carbocycles. The molecule has 0 aliphatic carbocycles. The fourth-order valence-electron chi connectivity index (χ4n) is 3.49. The van der Waals surface area contributed by atoms with E-state index in [1.165, 1.54) is 37.9 Å². The molecule has 0 bridgehead atoms. The van der Waals surface area contributed by atoms with Crippen LogP contribution in [0.5, 0.6) is 0 Å². The summed E-state index contributed by atoms with van der Waals surface area (Å²) in [5.74, 6) is -0.294. The monoisotopic (exact) mass is 290 g/mol. The minimum absolute atomic E-state index is 0.0422. The molecule has 0 amide bonds. The lowest BCUT2D eigenvalue weighted by atomic mass is 9.99. The summed E-state index contributed by atoms with van der Waals surface area (Å²) in [5, 5.41) is 0. The lowest BCUT2D eigenvalue weighted by Gasteiger charge is -2.44. The molecule has 4 heteroatoms. The molecule has 3 rings (SSSR count). The van der Waals surface area contributed by atoms with Gasteiger partial charge in [0.25, 0.3) is 0 Å². The number of Topliss-reactive ketones (excluding diaryl/α,β-unsaturated/α-hetero) is 1. The first-order valence-corrected chi connectivity index (χ1v) is 7.97. The van der Waals surface area contributed by atoms with Crippen LogP contribution in [0.15, 0.2) is 24.3 Å². The number of hydrogen-bond donors (Lipinski definition) is 0. The summed E-state index contributed by atoms with van der Waals surface area (Å²) >= 11 is 0. The zero-order valence-electron chi connectivity index (χ0n) is 12.4. The smallest absolute Gasteiger partial charge is 0.164 e. The molecule has 2 saturated heterocycles. The third-order valence-corrected chi connectivity index (χ3v) is 4.72. The van der Waals surface area contributed by atoms with Gasteiger partial charge in [-0.05, 0) is 31.5 Å². The van der Waals surface area contributed by atoms with Crippen LogP contribution in [0.4, 0.5) is 4.39 Å². The molecule has 1 unspecified atom stereocenters. The molecule has 1 aromatic carbocycles. The maximum absolute atomic E-state index is 13.1. The molecule has 0 spiro atoms. The number of piperidine rings is 1. The molecule has 0 aromatic heterocycles. The van der Waals surface area contributed by atoms with Crippen LogP contribution in [0.2, 0.25) is 0 Å². The average molecular weight is 290 g/mol. The van der Waals surface area contributed by atoms with E-state index in [1.54, 1.807) is 12.1 Å². The van der Waals surface area contributed by atoms with Gasteiger partial charge >= 0.3 is 0 Å². The van der Waals surface area contributed by atoms with Gasteiger partial charge in [-0.15, -0.1) is 0 Å². The van der Waals surface area contributed by atoms with E-state index in [-0.39, 0.29) is 11.6 Å². The first-order chi connectivity index (χ1) is 10.2. The van der Waals surface area contributed by atoms with Crippen molar-refractivity contribution in [2.75, 3.05) is 32.7 Å². The number of hydrogen-bond acceptors (Lipinski definition) is 3. The Kier molecular flexibility index (Phi) is 4.66. The topological polar surface area (TPSA) is 23.6 Å². The molecule has 2 aliphatic heterocycles. The molecule has 1 aromatic rings. The van der Waals surface area contributed by atoms with Crippen LogP contribution in [-0.2, 0) is 0 Å². The zero-order chi connectivity index (χ0) is 14.7. The van der Waals surface area contributed by atoms with Crippen LogP contribution in [0.1, 0.15) is 36.0 Å². The molecule has 2 fully saturated rings. The number of ketones is 1. The summed E-state index contributed by atoms with van der Waals surface area (Å²) in [5.41, 5.74) is 0.492. The zero-order valence-corrected chi connectivity index (χ0v) is 12.4. The molecule has 21 heavy (non-hydrogen) atoms. The van der Waals surface area contributed by atoms with Crippen molar-refractivity contribution in [2.24, 2.45) is 0 Å². The Morgan fingerprint density at radius 3 is 3.00 bits per heavy atom. The van der Waals surface area contributed by atoms with Crippen molar-refractivity contribution in [3.05, 3.63) is 35.6 Å². The van der Waals surface area contributed by atoms with Crippen LogP contribution in [0.3, 0.4) is 0 Å². The van der Waals surface area contributed by atoms with Crippen molar-refractivity contribution in [1.29, 1.82) is 0 Å². The fraction of sp³-hybridized carbons (Fsp3) is 0.588. The minimum Gasteiger partial charge on any atom is -0.300 e. The van der Waals surface area contributed by atoms with Crippen molar-refractivity contribution in [1.82, 2.24) is 9.80 Å². The highest BCUT2D eigenvalue weighted by molar-refractivity contribution is 5.96. The van der Waals surface area contributed by atoms with Gasteiger partial charge in [0.1, 0.15) is 5.82 Å². The summed E-state index contributed by atoms with van der Waals surface area (Å²) in [6.07, 6.45) is 4.43. The van der Waals surface area contributed by atoms with Crippen molar-refractivity contribution >= 4 is 5.78 Å². The number of piperazine rings is 1. The average Bonchev–Trinajstić information content (AvgIpc) is 2.52. The van der Waals surface area contributed by atoms with Gasteiger partial charge in [-0.1, -0.05) is 18.6 Å². The third kappa shape index (κ3) is 3.69. The highest BCUT2D eigenvalue weighted by Crippen LogP contribution is 2.21. The van der Waals surface area contributed by atoms with E-state index in [2.05, 4.69) is 9.80 Å². The Morgan fingerprint density at radius 2 is 2.14 bits per heavy atom. The van der Waals surface area contributed by atoms with E-state index in [4.69, 9.17) is 0 Å². The lowest BCUT2D eigenvalue weighted by molar-refractivity contribution is 0.0480. The molecule has 2 aliphatic rings. The van der Waals surface area contributed by atoms with Gasteiger partial charge in [0.2, 0.25) is 0 Å². The maximum atomic E-state index is 13.1. The van der Waals surface area contributed by atoms with E-state index in [0.29, 0.717) is 18.0 Å². The molecule has 0 N–H and O–H groups in total. The summed E-state index contributed by atoms with van der Waals surface area (Å²) in [6, 6.07) is 6.69. The van der Waals surface area contributed by atoms with Gasteiger partial charge in [-0.25, -0.2) is 4.39 Å². The highest BCUT2D eigenvalue weighted by atomic mass is 19.1. The molecule has 1 atom stereocenters. The molecular formula is C17H23FN2O. The third-order valence-electron chi connectivity index (χ3n) is 4.72. The second kappa shape index (κ2) is 6.67. The van der Waals surface area contributed by atoms with E-state index in [9.17, 15) is 9.18 Å². The number of rotatable bonds is 4. The molecule has 114 valence electrons. The highest BCUT2D eigenvalue weighted by Gasteiger charge is 2.28. The van der Waals surface area contributed by atoms with Crippen molar-refractivity contribution in [2.45, 2.75) is 31.7 Å². The number of benzene rings is 1. The van der Waals surface area contributed by atoms with Crippen LogP contribution in [0, 0.1) is 5.82 Å². The largest absolute Gasteiger partial charge is 0.300 e. The Bertz CT molecular complexity index is 505. The second-order valence-electron chi connectivity index (χ2n) is 6.17. The number of fused-ring (bicyclic) bond motifs is 1. The summed E-state index contributed by atoms with van der Waals surface area (Å²) in [4.78, 5) is 17.1. The van der Waals surface area contributed by atoms with E-state index in [0.717, 1.165) is 26.2 Å². The molecular weight excluding hydrogens is 267 g/mol. The Morgan fingerprint density at radius 1 is 1.24 bits per heavy atom. The SMILES string of the molecule is O=C(CCN1CCN2CCCCC2C1)c1cccc(F)c1. The second-order valence-corrected chi connectivity index (χ2v) is 6.17. The van der Waals surface area contributed by atoms with E-state index in [1.807, 2.05) is 0 Å². The number of nitrogens with zero attached hydrogens (tertiary/aromatic N) is 2. The number of halogens is 1. The summed E-state index contributed by atoms with van der Waals surface area (Å²) in [6.45, 7) is 5.28. The standard InChI is InChI=1S/C17H23FN2O/c18-15-5-3-4-14(12-15)17(21)7-9-19-10-11-20-8-2-1-6-16(20)13-19/h3-5,12,16H,1-2,6-11,13H2. The van der Waals surface area contributed by atoms with Crippen LogP contribution < -0.4 is 0 Å². The van der Waals surface area contributed by atoms with Gasteiger partial charge in [-0.3, -0.25) is 9.69 Å². The molecule has 3 nitrogen and oxygen atoms in total. The van der Waals surface area contributed by atoms with Crippen LogP contribution >= 0.6 is 0 Å². The lowest BCUT2D eigenvalue weighted by Crippen LogP contribution is -2.54. The van der Waals surface area contributed by atoms with E-state index >= 15 is 0 Å². The van der Waals surface area contributed by atoms with E-state index < -0.39 is 0 Å². The normalized spacial score (nSPS) is 23.8. The van der Waals surface area contributed by atoms with Crippen LogP contribution in [0.25, 0.3) is 0 Å². The predicted molar refractivity (Wildman–Crippen MR) is 81.0 cm³/mol. The minimum atomic E-state index is -0.336. The van der Waals surface area contributed by atoms with Crippen molar-refractivity contribution in [3.63, 3.8) is 0 Å². The van der Waals surface area contributed by atoms with Crippen molar-refractivity contribution in [3.8, 4) is 0 Å². The first-order valence-electron chi connectivity index (χ1n) is 7.97. The van der Waals surface area contributed by atoms with Gasteiger partial charge in [0, 0.05) is 44.2 Å². The number of carbonyl (C=O) groups is 1. The molecule has 0 radical (unpaired) electrons. The summed E-state index contributed by atoms with van der Waals surface area (Å²) in [7, 11) is 0. The Hall–Kier alpha value is -1.26. The fourth-order valence-corrected chi connectivity index (χ4v) is 3.49. The van der Waals surface area contributed by atoms with Crippen LogP contribution in [-0.4, -0.2) is 54.3 Å². The van der Waals surface area contributed by atoms with Gasteiger partial charge < -0.3 is 4.90 Å². The Balaban J connectivity index is 1.50. The maximum Gasteiger partial charge on any atom is 0.164 e. The Labute approximate surface area is 125 Å².